The zero-order valence-electron chi connectivity index (χ0n) is 14.8. The molecule has 0 spiro atoms. The van der Waals surface area contributed by atoms with Crippen molar-refractivity contribution in [3.8, 4) is 5.75 Å². The van der Waals surface area contributed by atoms with E-state index >= 15 is 0 Å². The fourth-order valence-corrected chi connectivity index (χ4v) is 2.65. The van der Waals surface area contributed by atoms with Crippen molar-refractivity contribution in [3.05, 3.63) is 35.5 Å². The molecule has 0 radical (unpaired) electrons. The average Bonchev–Trinajstić information content (AvgIpc) is 2.57. The Kier molecular flexibility index (Phi) is 5.31. The van der Waals surface area contributed by atoms with Crippen molar-refractivity contribution in [3.63, 3.8) is 0 Å². The molecule has 0 unspecified atom stereocenters. The molecular formula is C18H19F2NO6. The molecule has 1 N–H and O–H groups in total. The van der Waals surface area contributed by atoms with Gasteiger partial charge in [0.15, 0.2) is 23.0 Å². The Hall–Kier alpha value is -2.68. The van der Waals surface area contributed by atoms with Gasteiger partial charge in [-0.15, -0.1) is 0 Å². The van der Waals surface area contributed by atoms with Gasteiger partial charge >= 0.3 is 11.9 Å². The van der Waals surface area contributed by atoms with E-state index in [0.29, 0.717) is 26.1 Å². The number of carbonyl (C=O) groups excluding carboxylic acids is 2. The van der Waals surface area contributed by atoms with Gasteiger partial charge in [-0.2, -0.15) is 0 Å². The van der Waals surface area contributed by atoms with Crippen LogP contribution in [0.2, 0.25) is 0 Å². The number of hydrogen-bond acceptors (Lipinski definition) is 7. The highest BCUT2D eigenvalue weighted by Crippen LogP contribution is 2.29. The Morgan fingerprint density at radius 1 is 1.11 bits per heavy atom. The molecule has 2 aliphatic heterocycles. The summed E-state index contributed by atoms with van der Waals surface area (Å²) >= 11 is 0. The summed E-state index contributed by atoms with van der Waals surface area (Å²) in [6.07, 6.45) is 1.75. The SMILES string of the molecule is CC1(C)OC(=O)C(=CNc2cc(F)c(OC3CCOCC3)c(F)c2)C(=O)O1. The molecule has 0 aromatic heterocycles. The minimum Gasteiger partial charge on any atom is -0.484 e. The van der Waals surface area contributed by atoms with E-state index in [2.05, 4.69) is 5.32 Å². The van der Waals surface area contributed by atoms with Crippen molar-refractivity contribution >= 4 is 17.6 Å². The fraction of sp³-hybridized carbons (Fsp3) is 0.444. The Morgan fingerprint density at radius 2 is 1.67 bits per heavy atom. The van der Waals surface area contributed by atoms with Crippen LogP contribution in [0.4, 0.5) is 14.5 Å². The second-order valence-corrected chi connectivity index (χ2v) is 6.58. The van der Waals surface area contributed by atoms with Crippen LogP contribution in [-0.4, -0.2) is 37.0 Å². The first-order valence-electron chi connectivity index (χ1n) is 8.42. The summed E-state index contributed by atoms with van der Waals surface area (Å²) in [5.41, 5.74) is -0.431. The standard InChI is InChI=1S/C18H19F2NO6/c1-18(2)26-16(22)12(17(23)27-18)9-21-10-7-13(19)15(14(20)8-10)25-11-3-5-24-6-4-11/h7-9,11,21H,3-6H2,1-2H3. The minimum atomic E-state index is -1.37. The van der Waals surface area contributed by atoms with Crippen molar-refractivity contribution in [2.24, 2.45) is 0 Å². The maximum Gasteiger partial charge on any atom is 0.350 e. The third-order valence-electron chi connectivity index (χ3n) is 3.95. The first kappa shape index (κ1) is 19.1. The van der Waals surface area contributed by atoms with Gasteiger partial charge in [0.05, 0.1) is 13.2 Å². The van der Waals surface area contributed by atoms with Gasteiger partial charge in [-0.05, 0) is 0 Å². The number of rotatable bonds is 4. The maximum atomic E-state index is 14.2. The molecule has 2 heterocycles. The van der Waals surface area contributed by atoms with Gasteiger partial charge in [0, 0.05) is 50.7 Å². The Balaban J connectivity index is 1.72. The van der Waals surface area contributed by atoms with E-state index in [0.717, 1.165) is 18.3 Å². The number of anilines is 1. The van der Waals surface area contributed by atoms with Crippen molar-refractivity contribution in [1.82, 2.24) is 0 Å². The highest BCUT2D eigenvalue weighted by atomic mass is 19.1. The molecule has 7 nitrogen and oxygen atoms in total. The zero-order valence-corrected chi connectivity index (χ0v) is 14.8. The van der Waals surface area contributed by atoms with Crippen LogP contribution in [0, 0.1) is 11.6 Å². The zero-order chi connectivity index (χ0) is 19.6. The predicted molar refractivity (Wildman–Crippen MR) is 88.8 cm³/mol. The molecule has 3 rings (SSSR count). The molecule has 0 amide bonds. The number of ether oxygens (including phenoxy) is 4. The first-order chi connectivity index (χ1) is 12.7. The second kappa shape index (κ2) is 7.51. The van der Waals surface area contributed by atoms with E-state index in [-0.39, 0.29) is 11.8 Å². The molecule has 2 fully saturated rings. The van der Waals surface area contributed by atoms with Crippen LogP contribution in [0.25, 0.3) is 0 Å². The lowest BCUT2D eigenvalue weighted by atomic mass is 10.1. The molecule has 1 aromatic carbocycles. The Bertz CT molecular complexity index is 741. The lowest BCUT2D eigenvalue weighted by Gasteiger charge is -2.29. The number of hydrogen-bond donors (Lipinski definition) is 1. The summed E-state index contributed by atoms with van der Waals surface area (Å²) in [4.78, 5) is 23.7. The summed E-state index contributed by atoms with van der Waals surface area (Å²) in [5.74, 6) is -5.45. The number of esters is 2. The third kappa shape index (κ3) is 4.54. The molecule has 0 saturated carbocycles. The van der Waals surface area contributed by atoms with Gasteiger partial charge in [0.2, 0.25) is 0 Å². The van der Waals surface area contributed by atoms with Crippen molar-refractivity contribution in [2.75, 3.05) is 18.5 Å². The topological polar surface area (TPSA) is 83.1 Å². The van der Waals surface area contributed by atoms with E-state index in [1.807, 2.05) is 0 Å². The summed E-state index contributed by atoms with van der Waals surface area (Å²) < 4.78 is 48.9. The van der Waals surface area contributed by atoms with Crippen LogP contribution >= 0.6 is 0 Å². The van der Waals surface area contributed by atoms with Gasteiger partial charge < -0.3 is 24.3 Å². The Labute approximate surface area is 154 Å². The molecule has 0 atom stereocenters. The molecule has 1 aromatic rings. The first-order valence-corrected chi connectivity index (χ1v) is 8.42. The molecule has 27 heavy (non-hydrogen) atoms. The average molecular weight is 383 g/mol. The third-order valence-corrected chi connectivity index (χ3v) is 3.95. The highest BCUT2D eigenvalue weighted by Gasteiger charge is 2.39. The summed E-state index contributed by atoms with van der Waals surface area (Å²) in [5, 5.41) is 2.50. The Morgan fingerprint density at radius 3 is 2.22 bits per heavy atom. The van der Waals surface area contributed by atoms with E-state index in [1.165, 1.54) is 13.8 Å². The fourth-order valence-electron chi connectivity index (χ4n) is 2.65. The van der Waals surface area contributed by atoms with Crippen LogP contribution in [0.5, 0.6) is 5.75 Å². The molecule has 146 valence electrons. The molecule has 2 aliphatic rings. The largest absolute Gasteiger partial charge is 0.484 e. The molecule has 9 heteroatoms. The van der Waals surface area contributed by atoms with Crippen LogP contribution in [0.15, 0.2) is 23.9 Å². The molecular weight excluding hydrogens is 364 g/mol. The monoisotopic (exact) mass is 383 g/mol. The van der Waals surface area contributed by atoms with Crippen molar-refractivity contribution in [2.45, 2.75) is 38.6 Å². The number of nitrogens with one attached hydrogen (secondary N) is 1. The van der Waals surface area contributed by atoms with E-state index in [4.69, 9.17) is 18.9 Å². The normalized spacial score (nSPS) is 19.9. The van der Waals surface area contributed by atoms with E-state index < -0.39 is 40.7 Å². The van der Waals surface area contributed by atoms with Crippen LogP contribution in [-0.2, 0) is 23.8 Å². The second-order valence-electron chi connectivity index (χ2n) is 6.58. The molecule has 2 saturated heterocycles. The van der Waals surface area contributed by atoms with Crippen molar-refractivity contribution < 1.29 is 37.3 Å². The number of cyclic esters (lactones) is 2. The highest BCUT2D eigenvalue weighted by molar-refractivity contribution is 6.15. The van der Waals surface area contributed by atoms with Crippen LogP contribution in [0.3, 0.4) is 0 Å². The summed E-state index contributed by atoms with van der Waals surface area (Å²) in [6, 6.07) is 2.00. The van der Waals surface area contributed by atoms with Gasteiger partial charge in [0.1, 0.15) is 6.10 Å². The van der Waals surface area contributed by atoms with Crippen LogP contribution in [0.1, 0.15) is 26.7 Å². The van der Waals surface area contributed by atoms with Gasteiger partial charge in [0.25, 0.3) is 5.79 Å². The minimum absolute atomic E-state index is 0.0118. The summed E-state index contributed by atoms with van der Waals surface area (Å²) in [6.45, 7) is 3.78. The lowest BCUT2D eigenvalue weighted by molar-refractivity contribution is -0.222. The van der Waals surface area contributed by atoms with Gasteiger partial charge in [-0.25, -0.2) is 18.4 Å². The van der Waals surface area contributed by atoms with Crippen molar-refractivity contribution in [1.29, 1.82) is 0 Å². The maximum absolute atomic E-state index is 14.2. The molecule has 0 aliphatic carbocycles. The summed E-state index contributed by atoms with van der Waals surface area (Å²) in [7, 11) is 0. The smallest absolute Gasteiger partial charge is 0.350 e. The quantitative estimate of drug-likeness (QED) is 0.486. The predicted octanol–water partition coefficient (Wildman–Crippen LogP) is 2.65. The molecule has 0 bridgehead atoms. The van der Waals surface area contributed by atoms with Crippen LogP contribution < -0.4 is 10.1 Å². The lowest BCUT2D eigenvalue weighted by Crippen LogP contribution is -2.42. The van der Waals surface area contributed by atoms with Gasteiger partial charge in [-0.1, -0.05) is 0 Å². The number of carbonyl (C=O) groups is 2. The van der Waals surface area contributed by atoms with E-state index in [9.17, 15) is 18.4 Å². The number of halogens is 2. The van der Waals surface area contributed by atoms with E-state index in [1.54, 1.807) is 0 Å². The van der Waals surface area contributed by atoms with Gasteiger partial charge in [-0.3, -0.25) is 0 Å². The number of benzene rings is 1.